The number of anilines is 1. The summed E-state index contributed by atoms with van der Waals surface area (Å²) in [6.45, 7) is 4.46. The highest BCUT2D eigenvalue weighted by Gasteiger charge is 2.26. The monoisotopic (exact) mass is 323 g/mol. The summed E-state index contributed by atoms with van der Waals surface area (Å²) < 4.78 is 41.7. The Balaban J connectivity index is 2.45. The minimum absolute atomic E-state index is 0.0502. The molecule has 21 heavy (non-hydrogen) atoms. The molecule has 1 atom stereocenters. The SMILES string of the molecule is CCCOc1ccc(NC(C)CCCC(F)(F)F)cc1Cl. The van der Waals surface area contributed by atoms with Gasteiger partial charge in [-0.1, -0.05) is 18.5 Å². The van der Waals surface area contributed by atoms with E-state index in [1.54, 1.807) is 12.1 Å². The zero-order valence-corrected chi connectivity index (χ0v) is 13.0. The van der Waals surface area contributed by atoms with Crippen molar-refractivity contribution in [2.75, 3.05) is 11.9 Å². The van der Waals surface area contributed by atoms with Gasteiger partial charge in [0.2, 0.25) is 0 Å². The molecule has 0 radical (unpaired) electrons. The molecule has 6 heteroatoms. The number of halogens is 4. The third-order valence-electron chi connectivity index (χ3n) is 2.90. The van der Waals surface area contributed by atoms with E-state index in [-0.39, 0.29) is 12.5 Å². The van der Waals surface area contributed by atoms with Gasteiger partial charge in [0.25, 0.3) is 0 Å². The third-order valence-corrected chi connectivity index (χ3v) is 3.20. The van der Waals surface area contributed by atoms with Crippen molar-refractivity contribution in [1.82, 2.24) is 0 Å². The topological polar surface area (TPSA) is 21.3 Å². The van der Waals surface area contributed by atoms with Gasteiger partial charge in [-0.3, -0.25) is 0 Å². The molecule has 0 aliphatic carbocycles. The van der Waals surface area contributed by atoms with E-state index in [9.17, 15) is 13.2 Å². The normalized spacial score (nSPS) is 13.0. The Labute approximate surface area is 128 Å². The lowest BCUT2D eigenvalue weighted by atomic mass is 10.1. The zero-order valence-electron chi connectivity index (χ0n) is 12.3. The summed E-state index contributed by atoms with van der Waals surface area (Å²) in [4.78, 5) is 0. The van der Waals surface area contributed by atoms with Crippen LogP contribution < -0.4 is 10.1 Å². The summed E-state index contributed by atoms with van der Waals surface area (Å²) in [5.41, 5.74) is 0.781. The molecule has 0 aliphatic heterocycles. The molecular formula is C15H21ClF3NO. The highest BCUT2D eigenvalue weighted by atomic mass is 35.5. The Morgan fingerprint density at radius 1 is 1.33 bits per heavy atom. The second kappa shape index (κ2) is 8.37. The van der Waals surface area contributed by atoms with Crippen molar-refractivity contribution >= 4 is 17.3 Å². The lowest BCUT2D eigenvalue weighted by Gasteiger charge is -2.17. The maximum absolute atomic E-state index is 12.1. The van der Waals surface area contributed by atoms with Crippen LogP contribution in [0.3, 0.4) is 0 Å². The molecule has 0 aliphatic rings. The Bertz CT molecular complexity index is 437. The first kappa shape index (κ1) is 18.0. The van der Waals surface area contributed by atoms with E-state index >= 15 is 0 Å². The van der Waals surface area contributed by atoms with Gasteiger partial charge in [-0.05, 0) is 44.4 Å². The van der Waals surface area contributed by atoms with E-state index in [4.69, 9.17) is 16.3 Å². The molecule has 0 bridgehead atoms. The molecule has 0 saturated carbocycles. The van der Waals surface area contributed by atoms with Crippen LogP contribution in [0.1, 0.15) is 39.5 Å². The van der Waals surface area contributed by atoms with Crippen LogP contribution >= 0.6 is 11.6 Å². The largest absolute Gasteiger partial charge is 0.492 e. The molecule has 1 rings (SSSR count). The van der Waals surface area contributed by atoms with Crippen LogP contribution in [0.15, 0.2) is 18.2 Å². The Kier molecular flexibility index (Phi) is 7.15. The van der Waals surface area contributed by atoms with Gasteiger partial charge in [-0.2, -0.15) is 13.2 Å². The minimum Gasteiger partial charge on any atom is -0.492 e. The van der Waals surface area contributed by atoms with Gasteiger partial charge in [0, 0.05) is 18.2 Å². The molecule has 1 aromatic carbocycles. The standard InChI is InChI=1S/C15H21ClF3NO/c1-3-9-21-14-7-6-12(10-13(14)16)20-11(2)5-4-8-15(17,18)19/h6-7,10-11,20H,3-5,8-9H2,1-2H3. The molecule has 0 saturated heterocycles. The van der Waals surface area contributed by atoms with Crippen molar-refractivity contribution in [3.63, 3.8) is 0 Å². The summed E-state index contributed by atoms with van der Waals surface area (Å²) in [5, 5.41) is 3.64. The molecule has 0 heterocycles. The van der Waals surface area contributed by atoms with E-state index in [2.05, 4.69) is 5.32 Å². The van der Waals surface area contributed by atoms with Crippen LogP contribution in [0.2, 0.25) is 5.02 Å². The van der Waals surface area contributed by atoms with Gasteiger partial charge in [0.05, 0.1) is 11.6 Å². The lowest BCUT2D eigenvalue weighted by molar-refractivity contribution is -0.135. The Morgan fingerprint density at radius 3 is 2.62 bits per heavy atom. The number of benzene rings is 1. The van der Waals surface area contributed by atoms with E-state index in [0.29, 0.717) is 23.8 Å². The maximum atomic E-state index is 12.1. The average Bonchev–Trinajstić information content (AvgIpc) is 2.36. The predicted octanol–water partition coefficient (Wildman–Crippen LogP) is 5.66. The average molecular weight is 324 g/mol. The first-order chi connectivity index (χ1) is 9.81. The van der Waals surface area contributed by atoms with E-state index in [1.807, 2.05) is 19.9 Å². The van der Waals surface area contributed by atoms with Crippen LogP contribution in [0.4, 0.5) is 18.9 Å². The van der Waals surface area contributed by atoms with Crippen molar-refractivity contribution in [2.24, 2.45) is 0 Å². The Hall–Kier alpha value is -1.10. The van der Waals surface area contributed by atoms with Gasteiger partial charge in [-0.25, -0.2) is 0 Å². The summed E-state index contributed by atoms with van der Waals surface area (Å²) >= 11 is 6.10. The molecule has 0 fully saturated rings. The minimum atomic E-state index is -4.08. The fourth-order valence-electron chi connectivity index (χ4n) is 1.89. The second-order valence-corrected chi connectivity index (χ2v) is 5.45. The van der Waals surface area contributed by atoms with Crippen molar-refractivity contribution < 1.29 is 17.9 Å². The molecule has 1 aromatic rings. The Morgan fingerprint density at radius 2 is 2.05 bits per heavy atom. The van der Waals surface area contributed by atoms with E-state index in [0.717, 1.165) is 12.1 Å². The lowest BCUT2D eigenvalue weighted by Crippen LogP contribution is -2.16. The van der Waals surface area contributed by atoms with Crippen LogP contribution in [0, 0.1) is 0 Å². The summed E-state index contributed by atoms with van der Waals surface area (Å²) in [6.07, 6.45) is -3.37. The number of alkyl halides is 3. The predicted molar refractivity (Wildman–Crippen MR) is 80.2 cm³/mol. The molecule has 2 nitrogen and oxygen atoms in total. The number of rotatable bonds is 8. The first-order valence-electron chi connectivity index (χ1n) is 7.07. The number of ether oxygens (including phenoxy) is 1. The molecule has 120 valence electrons. The molecule has 0 aromatic heterocycles. The molecule has 1 unspecified atom stereocenters. The number of hydrogen-bond donors (Lipinski definition) is 1. The van der Waals surface area contributed by atoms with Crippen LogP contribution in [0.5, 0.6) is 5.75 Å². The van der Waals surface area contributed by atoms with Gasteiger partial charge < -0.3 is 10.1 Å². The van der Waals surface area contributed by atoms with Crippen molar-refractivity contribution in [1.29, 1.82) is 0 Å². The summed E-state index contributed by atoms with van der Waals surface area (Å²) in [7, 11) is 0. The number of hydrogen-bond acceptors (Lipinski definition) is 2. The summed E-state index contributed by atoms with van der Waals surface area (Å²) in [6, 6.07) is 5.26. The first-order valence-corrected chi connectivity index (χ1v) is 7.45. The maximum Gasteiger partial charge on any atom is 0.389 e. The van der Waals surface area contributed by atoms with Crippen LogP contribution in [-0.2, 0) is 0 Å². The fourth-order valence-corrected chi connectivity index (χ4v) is 2.12. The van der Waals surface area contributed by atoms with Crippen LogP contribution in [-0.4, -0.2) is 18.8 Å². The van der Waals surface area contributed by atoms with Crippen molar-refractivity contribution in [2.45, 2.75) is 51.7 Å². The van der Waals surface area contributed by atoms with Crippen molar-refractivity contribution in [3.8, 4) is 5.75 Å². The van der Waals surface area contributed by atoms with Crippen molar-refractivity contribution in [3.05, 3.63) is 23.2 Å². The molecular weight excluding hydrogens is 303 g/mol. The van der Waals surface area contributed by atoms with Gasteiger partial charge >= 0.3 is 6.18 Å². The van der Waals surface area contributed by atoms with E-state index in [1.165, 1.54) is 0 Å². The zero-order chi connectivity index (χ0) is 15.9. The third kappa shape index (κ3) is 7.46. The molecule has 0 amide bonds. The quantitative estimate of drug-likeness (QED) is 0.666. The van der Waals surface area contributed by atoms with Gasteiger partial charge in [0.15, 0.2) is 0 Å². The second-order valence-electron chi connectivity index (χ2n) is 5.05. The fraction of sp³-hybridized carbons (Fsp3) is 0.600. The van der Waals surface area contributed by atoms with Gasteiger partial charge in [0.1, 0.15) is 5.75 Å². The van der Waals surface area contributed by atoms with E-state index < -0.39 is 12.6 Å². The molecule has 1 N–H and O–H groups in total. The smallest absolute Gasteiger partial charge is 0.389 e. The summed E-state index contributed by atoms with van der Waals surface area (Å²) in [5.74, 6) is 0.619. The number of nitrogens with one attached hydrogen (secondary N) is 1. The highest BCUT2D eigenvalue weighted by molar-refractivity contribution is 6.32. The molecule has 0 spiro atoms. The van der Waals surface area contributed by atoms with Gasteiger partial charge in [-0.15, -0.1) is 0 Å². The van der Waals surface area contributed by atoms with Crippen LogP contribution in [0.25, 0.3) is 0 Å². The highest BCUT2D eigenvalue weighted by Crippen LogP contribution is 2.28.